The summed E-state index contributed by atoms with van der Waals surface area (Å²) in [6.45, 7) is 5.93. The van der Waals surface area contributed by atoms with Crippen LogP contribution in [0.3, 0.4) is 0 Å². The molecule has 0 saturated carbocycles. The fourth-order valence-corrected chi connectivity index (χ4v) is 4.75. The maximum atomic E-state index is 12.2. The Balaban J connectivity index is 1.48. The summed E-state index contributed by atoms with van der Waals surface area (Å²) in [5.41, 5.74) is 3.44. The van der Waals surface area contributed by atoms with Crippen LogP contribution >= 0.6 is 23.2 Å². The highest BCUT2D eigenvalue weighted by molar-refractivity contribution is 6.42. The molecule has 5 rings (SSSR count). The first-order valence-corrected chi connectivity index (χ1v) is 12.7. The average molecular weight is 566 g/mol. The number of hydroxylamine groups is 1. The quantitative estimate of drug-likeness (QED) is 0.249. The van der Waals surface area contributed by atoms with Gasteiger partial charge in [0.2, 0.25) is 5.91 Å². The monoisotopic (exact) mass is 565 g/mol. The Kier molecular flexibility index (Phi) is 7.69. The predicted molar refractivity (Wildman–Crippen MR) is 151 cm³/mol. The van der Waals surface area contributed by atoms with E-state index in [4.69, 9.17) is 32.8 Å². The zero-order valence-electron chi connectivity index (χ0n) is 21.2. The third-order valence-corrected chi connectivity index (χ3v) is 6.97. The highest BCUT2D eigenvalue weighted by Crippen LogP contribution is 2.40. The molecule has 0 bridgehead atoms. The van der Waals surface area contributed by atoms with Crippen LogP contribution in [0, 0.1) is 6.92 Å². The van der Waals surface area contributed by atoms with E-state index in [-0.39, 0.29) is 11.9 Å². The molecule has 0 radical (unpaired) electrons. The summed E-state index contributed by atoms with van der Waals surface area (Å²) >= 11 is 12.8. The van der Waals surface area contributed by atoms with Crippen molar-refractivity contribution in [1.82, 2.24) is 19.5 Å². The van der Waals surface area contributed by atoms with Gasteiger partial charge in [-0.25, -0.2) is 20.0 Å². The molecule has 2 aromatic heterocycles. The molecule has 0 unspecified atom stereocenters. The predicted octanol–water partition coefficient (Wildman–Crippen LogP) is 6.04. The third-order valence-electron chi connectivity index (χ3n) is 6.14. The van der Waals surface area contributed by atoms with Crippen molar-refractivity contribution >= 4 is 52.1 Å². The lowest BCUT2D eigenvalue weighted by Gasteiger charge is -2.25. The summed E-state index contributed by atoms with van der Waals surface area (Å²) in [5.74, 6) is 1.19. The van der Waals surface area contributed by atoms with Crippen LogP contribution in [0.2, 0.25) is 10.0 Å². The lowest BCUT2D eigenvalue weighted by atomic mass is 10.0. The van der Waals surface area contributed by atoms with Gasteiger partial charge in [0.05, 0.1) is 58.9 Å². The Hall–Kier alpha value is -4.12. The molecule has 0 spiro atoms. The van der Waals surface area contributed by atoms with Gasteiger partial charge in [0.1, 0.15) is 17.9 Å². The first-order valence-electron chi connectivity index (χ1n) is 12.0. The van der Waals surface area contributed by atoms with Crippen LogP contribution in [-0.2, 0) is 9.63 Å². The molecule has 1 aliphatic rings. The van der Waals surface area contributed by atoms with E-state index in [0.29, 0.717) is 57.5 Å². The second-order valence-corrected chi connectivity index (χ2v) is 9.46. The van der Waals surface area contributed by atoms with Crippen LogP contribution in [0.4, 0.5) is 23.0 Å². The van der Waals surface area contributed by atoms with E-state index in [1.807, 2.05) is 25.3 Å². The zero-order chi connectivity index (χ0) is 27.5. The molecule has 1 aliphatic heterocycles. The molecule has 12 heteroatoms. The number of ether oxygens (including phenoxy) is 1. The van der Waals surface area contributed by atoms with Crippen molar-refractivity contribution in [2.45, 2.75) is 19.4 Å². The van der Waals surface area contributed by atoms with E-state index >= 15 is 0 Å². The molecule has 1 fully saturated rings. The molecule has 39 heavy (non-hydrogen) atoms. The minimum absolute atomic E-state index is 0.174. The Morgan fingerprint density at radius 2 is 2.05 bits per heavy atom. The second-order valence-electron chi connectivity index (χ2n) is 8.68. The Bertz CT molecular complexity index is 1540. The van der Waals surface area contributed by atoms with Gasteiger partial charge in [-0.15, -0.1) is 0 Å². The fraction of sp³-hybridized carbons (Fsp3) is 0.185. The van der Waals surface area contributed by atoms with E-state index in [9.17, 15) is 4.79 Å². The van der Waals surface area contributed by atoms with Crippen molar-refractivity contribution in [3.63, 3.8) is 0 Å². The summed E-state index contributed by atoms with van der Waals surface area (Å²) in [4.78, 5) is 31.2. The van der Waals surface area contributed by atoms with Crippen molar-refractivity contribution in [3.8, 4) is 11.4 Å². The largest absolute Gasteiger partial charge is 0.494 e. The third kappa shape index (κ3) is 5.53. The molecular formula is C27H25Cl2N7O3. The number of aromatic nitrogens is 4. The Morgan fingerprint density at radius 3 is 2.79 bits per heavy atom. The number of aryl methyl sites for hydroxylation is 1. The molecule has 10 nitrogen and oxygen atoms in total. The molecule has 1 atom stereocenters. The number of halogens is 2. The lowest BCUT2D eigenvalue weighted by molar-refractivity contribution is -0.111. The van der Waals surface area contributed by atoms with Crippen molar-refractivity contribution in [1.29, 1.82) is 0 Å². The fourth-order valence-electron chi connectivity index (χ4n) is 4.32. The van der Waals surface area contributed by atoms with E-state index in [1.165, 1.54) is 12.4 Å². The zero-order valence-corrected chi connectivity index (χ0v) is 22.7. The number of anilines is 4. The second kappa shape index (κ2) is 11.3. The van der Waals surface area contributed by atoms with Crippen LogP contribution in [0.5, 0.6) is 5.75 Å². The van der Waals surface area contributed by atoms with Gasteiger partial charge in [-0.3, -0.25) is 9.63 Å². The number of carbonyl (C=O) groups is 1. The number of nitrogens with one attached hydrogen (secondary N) is 2. The van der Waals surface area contributed by atoms with Crippen molar-refractivity contribution in [2.24, 2.45) is 0 Å². The molecule has 1 saturated heterocycles. The molecule has 3 heterocycles. The Morgan fingerprint density at radius 1 is 1.21 bits per heavy atom. The maximum absolute atomic E-state index is 12.2. The molecule has 1 amide bonds. The van der Waals surface area contributed by atoms with Gasteiger partial charge >= 0.3 is 0 Å². The first kappa shape index (κ1) is 26.5. The highest BCUT2D eigenvalue weighted by Gasteiger charge is 2.31. The van der Waals surface area contributed by atoms with E-state index < -0.39 is 0 Å². The number of methoxy groups -OCH3 is 1. The highest BCUT2D eigenvalue weighted by atomic mass is 35.5. The van der Waals surface area contributed by atoms with Gasteiger partial charge in [-0.05, 0) is 30.7 Å². The smallest absolute Gasteiger partial charge is 0.247 e. The maximum Gasteiger partial charge on any atom is 0.247 e. The van der Waals surface area contributed by atoms with Gasteiger partial charge in [0.25, 0.3) is 0 Å². The van der Waals surface area contributed by atoms with E-state index in [1.54, 1.807) is 47.3 Å². The van der Waals surface area contributed by atoms with Gasteiger partial charge in [-0.1, -0.05) is 41.9 Å². The van der Waals surface area contributed by atoms with Crippen molar-refractivity contribution in [3.05, 3.63) is 89.2 Å². The molecule has 2 N–H and O–H groups in total. The van der Waals surface area contributed by atoms with E-state index in [0.717, 1.165) is 11.3 Å². The number of hydrogen-bond donors (Lipinski definition) is 2. The number of hydrogen-bond acceptors (Lipinski definition) is 8. The van der Waals surface area contributed by atoms with Gasteiger partial charge in [-0.2, -0.15) is 0 Å². The van der Waals surface area contributed by atoms with Crippen LogP contribution in [-0.4, -0.2) is 39.1 Å². The number of rotatable bonds is 8. The molecular weight excluding hydrogens is 541 g/mol. The number of nitrogens with zero attached hydrogens (tertiary/aromatic N) is 5. The number of amides is 1. The number of benzene rings is 2. The average Bonchev–Trinajstić information content (AvgIpc) is 3.60. The summed E-state index contributed by atoms with van der Waals surface area (Å²) in [5, 5.41) is 8.79. The van der Waals surface area contributed by atoms with Crippen molar-refractivity contribution in [2.75, 3.05) is 29.4 Å². The van der Waals surface area contributed by atoms with Crippen molar-refractivity contribution < 1.29 is 14.4 Å². The molecule has 2 aromatic carbocycles. The molecule has 0 aliphatic carbocycles. The topological polar surface area (TPSA) is 106 Å². The minimum Gasteiger partial charge on any atom is -0.494 e. The standard InChI is InChI=1S/C27H25Cl2N7O3/c1-4-26(37)34-19-10-20(23(38-3)11-22(19)35-13-16(2)32-15-35)33-24-12-25(31-14-30-24)36-21(8-9-39-36)17-6-5-7-18(28)27(17)29/h4-7,10-15,21H,1,8-9H2,2-3H3,(H,34,37)(H,30,31,33)/t21-/m1/s1. The summed E-state index contributed by atoms with van der Waals surface area (Å²) < 4.78 is 7.47. The summed E-state index contributed by atoms with van der Waals surface area (Å²) in [6.07, 6.45) is 6.86. The SMILES string of the molecule is C=CC(=O)Nc1cc(Nc2cc(N3OCC[C@@H]3c3cccc(Cl)c3Cl)ncn2)c(OC)cc1-n1cnc(C)c1. The van der Waals surface area contributed by atoms with Crippen LogP contribution in [0.1, 0.15) is 23.7 Å². The van der Waals surface area contributed by atoms with Gasteiger partial charge in [0.15, 0.2) is 5.82 Å². The number of carbonyl (C=O) groups excluding carboxylic acids is 1. The normalized spacial score (nSPS) is 14.8. The minimum atomic E-state index is -0.356. The molecule has 4 aromatic rings. The van der Waals surface area contributed by atoms with Gasteiger partial charge in [0, 0.05) is 24.8 Å². The Labute approximate surface area is 235 Å². The van der Waals surface area contributed by atoms with Crippen LogP contribution in [0.25, 0.3) is 5.69 Å². The summed E-state index contributed by atoms with van der Waals surface area (Å²) in [7, 11) is 1.56. The molecule has 200 valence electrons. The van der Waals surface area contributed by atoms with E-state index in [2.05, 4.69) is 32.2 Å². The van der Waals surface area contributed by atoms with Crippen LogP contribution < -0.4 is 20.4 Å². The van der Waals surface area contributed by atoms with Crippen LogP contribution in [0.15, 0.2) is 67.9 Å². The van der Waals surface area contributed by atoms with Gasteiger partial charge < -0.3 is 19.9 Å². The lowest BCUT2D eigenvalue weighted by Crippen LogP contribution is -2.22. The summed E-state index contributed by atoms with van der Waals surface area (Å²) in [6, 6.07) is 10.7. The number of imidazole rings is 1. The first-order chi connectivity index (χ1) is 18.9.